The fourth-order valence-corrected chi connectivity index (χ4v) is 3.18. The highest BCUT2D eigenvalue weighted by Gasteiger charge is 2.36. The van der Waals surface area contributed by atoms with Crippen LogP contribution in [-0.4, -0.2) is 59.8 Å². The monoisotopic (exact) mass is 422 g/mol. The number of rotatable bonds is 4. The number of hydrazine groups is 1. The normalized spacial score (nSPS) is 15.8. The summed E-state index contributed by atoms with van der Waals surface area (Å²) in [6.45, 7) is 3.04. The smallest absolute Gasteiger partial charge is 0.290 e. The zero-order valence-corrected chi connectivity index (χ0v) is 18.1. The van der Waals surface area contributed by atoms with E-state index < -0.39 is 17.4 Å². The van der Waals surface area contributed by atoms with Gasteiger partial charge in [0.15, 0.2) is 0 Å². The molecule has 1 aromatic rings. The Kier molecular flexibility index (Phi) is 6.49. The average Bonchev–Trinajstić information content (AvgIpc) is 2.66. The predicted molar refractivity (Wildman–Crippen MR) is 113 cm³/mol. The van der Waals surface area contributed by atoms with Crippen molar-refractivity contribution < 1.29 is 14.7 Å². The summed E-state index contributed by atoms with van der Waals surface area (Å²) in [6.07, 6.45) is 4.30. The van der Waals surface area contributed by atoms with E-state index in [9.17, 15) is 30.0 Å². The van der Waals surface area contributed by atoms with Gasteiger partial charge >= 0.3 is 0 Å². The zero-order valence-electron chi connectivity index (χ0n) is 18.1. The van der Waals surface area contributed by atoms with Gasteiger partial charge in [0.1, 0.15) is 23.3 Å². The van der Waals surface area contributed by atoms with Crippen LogP contribution in [0.15, 0.2) is 33.7 Å². The summed E-state index contributed by atoms with van der Waals surface area (Å²) in [6, 6.07) is 3.68. The summed E-state index contributed by atoms with van der Waals surface area (Å²) in [5.41, 5.74) is -0.0787. The Morgan fingerprint density at radius 1 is 0.968 bits per heavy atom. The molecule has 0 saturated heterocycles. The maximum atomic E-state index is 12.8. The van der Waals surface area contributed by atoms with Crippen molar-refractivity contribution in [2.45, 2.75) is 13.8 Å². The molecule has 2 amide bonds. The zero-order chi connectivity index (χ0) is 23.6. The standard InChI is InChI=1S/C21H22N6O4/c1-12-14(18(28)26(24(3)4)20(30)16(12)10-22)8-7-9-15-13(2)17(11-23)21(31)27(19(15)29)25(5)6/h7-9,28H,1-6H3. The lowest BCUT2D eigenvalue weighted by Crippen LogP contribution is -2.50. The number of aromatic nitrogens is 1. The fourth-order valence-electron chi connectivity index (χ4n) is 3.18. The van der Waals surface area contributed by atoms with Crippen LogP contribution in [0.1, 0.15) is 23.6 Å². The van der Waals surface area contributed by atoms with Crippen LogP contribution < -0.4 is 10.6 Å². The van der Waals surface area contributed by atoms with E-state index in [1.54, 1.807) is 0 Å². The van der Waals surface area contributed by atoms with Crippen LogP contribution in [0.5, 0.6) is 5.88 Å². The van der Waals surface area contributed by atoms with Gasteiger partial charge in [0.05, 0.1) is 0 Å². The summed E-state index contributed by atoms with van der Waals surface area (Å²) in [5.74, 6) is -1.68. The minimum atomic E-state index is -0.707. The van der Waals surface area contributed by atoms with E-state index in [1.165, 1.54) is 70.3 Å². The Bertz CT molecular complexity index is 1200. The highest BCUT2D eigenvalue weighted by Crippen LogP contribution is 2.27. The first-order chi connectivity index (χ1) is 14.5. The van der Waals surface area contributed by atoms with E-state index in [0.29, 0.717) is 0 Å². The summed E-state index contributed by atoms with van der Waals surface area (Å²) in [4.78, 5) is 37.6. The number of hydrogen-bond acceptors (Lipinski definition) is 8. The van der Waals surface area contributed by atoms with Gasteiger partial charge in [0, 0.05) is 39.3 Å². The highest BCUT2D eigenvalue weighted by molar-refractivity contribution is 6.17. The molecule has 160 valence electrons. The second-order valence-corrected chi connectivity index (χ2v) is 7.13. The minimum Gasteiger partial charge on any atom is -0.493 e. The molecule has 0 fully saturated rings. The fraction of sp³-hybridized carbons (Fsp3) is 0.286. The number of allylic oxidation sites excluding steroid dienone is 2. The second-order valence-electron chi connectivity index (χ2n) is 7.13. The first-order valence-electron chi connectivity index (χ1n) is 9.11. The molecular formula is C21H22N6O4. The molecule has 1 aliphatic rings. The van der Waals surface area contributed by atoms with Crippen molar-refractivity contribution in [1.29, 1.82) is 10.5 Å². The topological polar surface area (TPSA) is 134 Å². The van der Waals surface area contributed by atoms with Gasteiger partial charge < -0.3 is 10.1 Å². The number of nitriles is 2. The van der Waals surface area contributed by atoms with Gasteiger partial charge in [0.25, 0.3) is 17.4 Å². The van der Waals surface area contributed by atoms with Crippen LogP contribution in [0, 0.1) is 29.6 Å². The highest BCUT2D eigenvalue weighted by atomic mass is 16.3. The van der Waals surface area contributed by atoms with E-state index in [1.807, 2.05) is 12.1 Å². The number of pyridine rings is 1. The molecule has 0 atom stereocenters. The molecule has 10 heteroatoms. The molecular weight excluding hydrogens is 400 g/mol. The van der Waals surface area contributed by atoms with Crippen molar-refractivity contribution in [2.75, 3.05) is 33.2 Å². The summed E-state index contributed by atoms with van der Waals surface area (Å²) >= 11 is 0. The van der Waals surface area contributed by atoms with Gasteiger partial charge in [-0.25, -0.2) is 10.0 Å². The van der Waals surface area contributed by atoms with Gasteiger partial charge in [-0.3, -0.25) is 14.4 Å². The van der Waals surface area contributed by atoms with Gasteiger partial charge in [-0.15, -0.1) is 0 Å². The number of nitrogens with zero attached hydrogens (tertiary/aromatic N) is 6. The van der Waals surface area contributed by atoms with Gasteiger partial charge in [-0.1, -0.05) is 6.08 Å². The van der Waals surface area contributed by atoms with E-state index in [0.717, 1.165) is 9.69 Å². The third kappa shape index (κ3) is 3.84. The van der Waals surface area contributed by atoms with E-state index >= 15 is 0 Å². The second kappa shape index (κ2) is 8.69. The molecule has 10 nitrogen and oxygen atoms in total. The predicted octanol–water partition coefficient (Wildman–Crippen LogP) is 0.557. The number of hydrogen-bond donors (Lipinski definition) is 1. The first kappa shape index (κ1) is 23.1. The average molecular weight is 422 g/mol. The third-order valence-corrected chi connectivity index (χ3v) is 4.78. The Hall–Kier alpha value is -4.15. The van der Waals surface area contributed by atoms with Crippen molar-refractivity contribution in [3.63, 3.8) is 0 Å². The minimum absolute atomic E-state index is 0.125. The van der Waals surface area contributed by atoms with E-state index in [4.69, 9.17) is 0 Å². The number of aromatic hydroxyl groups is 1. The molecule has 1 N–H and O–H groups in total. The van der Waals surface area contributed by atoms with Crippen LogP contribution >= 0.6 is 0 Å². The lowest BCUT2D eigenvalue weighted by Gasteiger charge is -2.31. The van der Waals surface area contributed by atoms with E-state index in [2.05, 4.69) is 0 Å². The Morgan fingerprint density at radius 3 is 2.06 bits per heavy atom. The molecule has 2 rings (SSSR count). The largest absolute Gasteiger partial charge is 0.493 e. The van der Waals surface area contributed by atoms with Crippen LogP contribution in [0.3, 0.4) is 0 Å². The Morgan fingerprint density at radius 2 is 1.58 bits per heavy atom. The summed E-state index contributed by atoms with van der Waals surface area (Å²) < 4.78 is 0.954. The molecule has 0 bridgehead atoms. The summed E-state index contributed by atoms with van der Waals surface area (Å²) in [5, 5.41) is 32.8. The maximum Gasteiger partial charge on any atom is 0.290 e. The number of carbonyl (C=O) groups is 2. The molecule has 0 aromatic carbocycles. The van der Waals surface area contributed by atoms with Gasteiger partial charge in [-0.2, -0.15) is 15.2 Å². The van der Waals surface area contributed by atoms with Gasteiger partial charge in [0.2, 0.25) is 5.88 Å². The molecule has 1 aromatic heterocycles. The molecule has 2 heterocycles. The van der Waals surface area contributed by atoms with Crippen molar-refractivity contribution in [1.82, 2.24) is 14.7 Å². The number of imide groups is 1. The van der Waals surface area contributed by atoms with Crippen molar-refractivity contribution in [3.8, 4) is 18.0 Å². The third-order valence-electron chi connectivity index (χ3n) is 4.78. The molecule has 0 spiro atoms. The molecule has 31 heavy (non-hydrogen) atoms. The molecule has 0 unspecified atom stereocenters. The molecule has 0 saturated carbocycles. The van der Waals surface area contributed by atoms with Crippen LogP contribution in [0.4, 0.5) is 0 Å². The van der Waals surface area contributed by atoms with Crippen molar-refractivity contribution in [2.24, 2.45) is 0 Å². The van der Waals surface area contributed by atoms with Crippen molar-refractivity contribution in [3.05, 3.63) is 55.9 Å². The quantitative estimate of drug-likeness (QED) is 0.549. The number of carbonyl (C=O) groups excluding carboxylic acids is 2. The maximum absolute atomic E-state index is 12.8. The SMILES string of the molecule is CC1=C(C#N)C(=O)N(N(C)C)C(=O)C1=CC=Cc1c(C)c(C#N)c(=O)n(N(C)C)c1O. The summed E-state index contributed by atoms with van der Waals surface area (Å²) in [7, 11) is 6.10. The Balaban J connectivity index is 2.67. The number of amides is 2. The van der Waals surface area contributed by atoms with Crippen LogP contribution in [0.25, 0.3) is 6.08 Å². The molecule has 0 radical (unpaired) electrons. The lowest BCUT2D eigenvalue weighted by molar-refractivity contribution is -0.155. The van der Waals surface area contributed by atoms with E-state index in [-0.39, 0.29) is 39.3 Å². The van der Waals surface area contributed by atoms with Crippen molar-refractivity contribution >= 4 is 17.9 Å². The van der Waals surface area contributed by atoms with Crippen LogP contribution in [0.2, 0.25) is 0 Å². The molecule has 0 aliphatic carbocycles. The lowest BCUT2D eigenvalue weighted by atomic mass is 9.95. The van der Waals surface area contributed by atoms with Crippen LogP contribution in [-0.2, 0) is 9.59 Å². The van der Waals surface area contributed by atoms with Gasteiger partial charge in [-0.05, 0) is 37.1 Å². The molecule has 1 aliphatic heterocycles. The first-order valence-corrected chi connectivity index (χ1v) is 9.11. The Labute approximate surface area is 179 Å².